The first-order valence-electron chi connectivity index (χ1n) is 5.15. The van der Waals surface area contributed by atoms with Crippen molar-refractivity contribution in [1.29, 1.82) is 0 Å². The topological polar surface area (TPSA) is 17.1 Å². The monoisotopic (exact) mass is 200 g/mol. The van der Waals surface area contributed by atoms with Crippen molar-refractivity contribution in [2.24, 2.45) is 0 Å². The van der Waals surface area contributed by atoms with Crippen LogP contribution < -0.4 is 0 Å². The van der Waals surface area contributed by atoms with Crippen LogP contribution in [0.3, 0.4) is 0 Å². The van der Waals surface area contributed by atoms with Gasteiger partial charge in [-0.1, -0.05) is 48.1 Å². The fraction of sp³-hybridized carbons (Fsp3) is 0.214. The zero-order valence-corrected chi connectivity index (χ0v) is 9.02. The molecular formula is C14H16O. The number of carbonyl (C=O) groups excluding carboxylic acids is 1. The largest absolute Gasteiger partial charge is 0.299 e. The molecule has 1 aromatic carbocycles. The second kappa shape index (κ2) is 6.77. The van der Waals surface area contributed by atoms with Gasteiger partial charge >= 0.3 is 0 Å². The fourth-order valence-electron chi connectivity index (χ4n) is 1.29. The van der Waals surface area contributed by atoms with Gasteiger partial charge in [-0.05, 0) is 31.4 Å². The van der Waals surface area contributed by atoms with Crippen molar-refractivity contribution in [3.8, 4) is 0 Å². The summed E-state index contributed by atoms with van der Waals surface area (Å²) in [6.45, 7) is 1.98. The molecule has 1 aromatic rings. The van der Waals surface area contributed by atoms with Gasteiger partial charge in [0.1, 0.15) is 6.29 Å². The summed E-state index contributed by atoms with van der Waals surface area (Å²) in [6.07, 6.45) is 8.63. The smallest absolute Gasteiger partial charge is 0.142 e. The van der Waals surface area contributed by atoms with Crippen LogP contribution in [0.4, 0.5) is 0 Å². The van der Waals surface area contributed by atoms with Crippen molar-refractivity contribution in [1.82, 2.24) is 0 Å². The minimum atomic E-state index is 0.843. The third-order valence-electron chi connectivity index (χ3n) is 2.17. The van der Waals surface area contributed by atoms with Crippen LogP contribution in [-0.2, 0) is 4.79 Å². The molecule has 1 rings (SSSR count). The van der Waals surface area contributed by atoms with Crippen LogP contribution in [0.15, 0.2) is 48.1 Å². The average molecular weight is 200 g/mol. The van der Waals surface area contributed by atoms with Crippen LogP contribution in [0.25, 0.3) is 6.08 Å². The Hall–Kier alpha value is -1.63. The van der Waals surface area contributed by atoms with Crippen molar-refractivity contribution in [2.75, 3.05) is 0 Å². The molecule has 0 fully saturated rings. The van der Waals surface area contributed by atoms with Crippen LogP contribution >= 0.6 is 0 Å². The van der Waals surface area contributed by atoms with Gasteiger partial charge in [0.25, 0.3) is 0 Å². The lowest BCUT2D eigenvalue weighted by molar-refractivity contribution is -0.104. The first kappa shape index (κ1) is 11.4. The molecule has 0 saturated heterocycles. The number of benzene rings is 1. The summed E-state index contributed by atoms with van der Waals surface area (Å²) < 4.78 is 0. The Balaban J connectivity index is 2.35. The summed E-state index contributed by atoms with van der Waals surface area (Å²) in [6, 6.07) is 10.2. The van der Waals surface area contributed by atoms with Crippen LogP contribution in [0.5, 0.6) is 0 Å². The van der Waals surface area contributed by atoms with Crippen LogP contribution in [0.1, 0.15) is 25.3 Å². The summed E-state index contributed by atoms with van der Waals surface area (Å²) in [5, 5.41) is 0. The van der Waals surface area contributed by atoms with Crippen molar-refractivity contribution >= 4 is 12.4 Å². The Morgan fingerprint density at radius 3 is 2.67 bits per heavy atom. The van der Waals surface area contributed by atoms with Gasteiger partial charge in [0, 0.05) is 0 Å². The van der Waals surface area contributed by atoms with Crippen molar-refractivity contribution in [3.05, 3.63) is 53.6 Å². The fourth-order valence-corrected chi connectivity index (χ4v) is 1.29. The van der Waals surface area contributed by atoms with Crippen molar-refractivity contribution in [3.63, 3.8) is 0 Å². The van der Waals surface area contributed by atoms with Gasteiger partial charge in [-0.25, -0.2) is 0 Å². The normalized spacial score (nSPS) is 11.9. The lowest BCUT2D eigenvalue weighted by Gasteiger charge is -1.95. The predicted molar refractivity (Wildman–Crippen MR) is 64.5 cm³/mol. The number of carbonyl (C=O) groups is 1. The first-order valence-corrected chi connectivity index (χ1v) is 5.15. The molecule has 78 valence electrons. The third-order valence-corrected chi connectivity index (χ3v) is 2.17. The third kappa shape index (κ3) is 4.96. The highest BCUT2D eigenvalue weighted by atomic mass is 16.1. The molecule has 0 amide bonds. The molecule has 0 aliphatic carbocycles. The van der Waals surface area contributed by atoms with Crippen molar-refractivity contribution < 1.29 is 4.79 Å². The Bertz CT molecular complexity index is 347. The molecule has 0 spiro atoms. The Labute approximate surface area is 91.1 Å². The van der Waals surface area contributed by atoms with Crippen LogP contribution in [0.2, 0.25) is 0 Å². The Kier molecular flexibility index (Phi) is 5.16. The summed E-state index contributed by atoms with van der Waals surface area (Å²) in [5.41, 5.74) is 2.34. The molecule has 0 atom stereocenters. The van der Waals surface area contributed by atoms with E-state index in [4.69, 9.17) is 0 Å². The molecule has 0 N–H and O–H groups in total. The number of hydrogen-bond acceptors (Lipinski definition) is 1. The first-order chi connectivity index (χ1) is 7.33. The maximum Gasteiger partial charge on any atom is 0.142 e. The summed E-state index contributed by atoms with van der Waals surface area (Å²) in [5.74, 6) is 0. The van der Waals surface area contributed by atoms with Gasteiger partial charge < -0.3 is 0 Å². The summed E-state index contributed by atoms with van der Waals surface area (Å²) in [4.78, 5) is 10.2. The van der Waals surface area contributed by atoms with E-state index in [9.17, 15) is 4.79 Å². The Morgan fingerprint density at radius 2 is 2.00 bits per heavy atom. The van der Waals surface area contributed by atoms with E-state index in [1.54, 1.807) is 6.08 Å². The molecule has 0 aliphatic rings. The molecule has 0 saturated carbocycles. The van der Waals surface area contributed by atoms with E-state index in [1.807, 2.05) is 25.1 Å². The maximum atomic E-state index is 10.2. The molecule has 0 aromatic heterocycles. The molecule has 1 nitrogen and oxygen atoms in total. The van der Waals surface area contributed by atoms with Gasteiger partial charge in [0.2, 0.25) is 0 Å². The van der Waals surface area contributed by atoms with Gasteiger partial charge in [-0.3, -0.25) is 4.79 Å². The quantitative estimate of drug-likeness (QED) is 0.524. The zero-order chi connectivity index (χ0) is 10.9. The van der Waals surface area contributed by atoms with Gasteiger partial charge in [-0.2, -0.15) is 0 Å². The van der Waals surface area contributed by atoms with Gasteiger partial charge in [0.05, 0.1) is 0 Å². The molecular weight excluding hydrogens is 184 g/mol. The van der Waals surface area contributed by atoms with E-state index in [0.29, 0.717) is 0 Å². The SMILES string of the molecule is C/C(=C\C=O)CC/C=C/c1ccccc1. The second-order valence-electron chi connectivity index (χ2n) is 3.50. The van der Waals surface area contributed by atoms with Crippen LogP contribution in [0, 0.1) is 0 Å². The minimum absolute atomic E-state index is 0.843. The van der Waals surface area contributed by atoms with E-state index in [2.05, 4.69) is 24.3 Å². The number of hydrogen-bond donors (Lipinski definition) is 0. The molecule has 15 heavy (non-hydrogen) atoms. The zero-order valence-electron chi connectivity index (χ0n) is 9.02. The molecule has 0 bridgehead atoms. The second-order valence-corrected chi connectivity index (χ2v) is 3.50. The van der Waals surface area contributed by atoms with E-state index >= 15 is 0 Å². The maximum absolute atomic E-state index is 10.2. The summed E-state index contributed by atoms with van der Waals surface area (Å²) in [7, 11) is 0. The lowest BCUT2D eigenvalue weighted by Crippen LogP contribution is -1.76. The standard InChI is InChI=1S/C14H16O/c1-13(11-12-15)7-5-6-10-14-8-3-2-4-9-14/h2-4,6,8-12H,5,7H2,1H3/b10-6+,13-11+. The lowest BCUT2D eigenvalue weighted by atomic mass is 10.1. The highest BCUT2D eigenvalue weighted by molar-refractivity contribution is 5.65. The molecule has 0 unspecified atom stereocenters. The van der Waals surface area contributed by atoms with Gasteiger partial charge in [-0.15, -0.1) is 0 Å². The molecule has 0 radical (unpaired) electrons. The predicted octanol–water partition coefficient (Wildman–Crippen LogP) is 3.63. The minimum Gasteiger partial charge on any atom is -0.299 e. The van der Waals surface area contributed by atoms with E-state index in [0.717, 1.165) is 24.7 Å². The van der Waals surface area contributed by atoms with E-state index in [1.165, 1.54) is 5.56 Å². The highest BCUT2D eigenvalue weighted by Gasteiger charge is 1.87. The van der Waals surface area contributed by atoms with Crippen molar-refractivity contribution in [2.45, 2.75) is 19.8 Å². The number of aldehydes is 1. The number of rotatable bonds is 5. The molecule has 0 aliphatic heterocycles. The highest BCUT2D eigenvalue weighted by Crippen LogP contribution is 2.06. The Morgan fingerprint density at radius 1 is 1.27 bits per heavy atom. The van der Waals surface area contributed by atoms with E-state index < -0.39 is 0 Å². The molecule has 1 heteroatoms. The van der Waals surface area contributed by atoms with E-state index in [-0.39, 0.29) is 0 Å². The number of allylic oxidation sites excluding steroid dienone is 3. The van der Waals surface area contributed by atoms with Gasteiger partial charge in [0.15, 0.2) is 0 Å². The average Bonchev–Trinajstić information content (AvgIpc) is 2.26. The van der Waals surface area contributed by atoms with Crippen LogP contribution in [-0.4, -0.2) is 6.29 Å². The summed E-state index contributed by atoms with van der Waals surface area (Å²) >= 11 is 0. The molecule has 0 heterocycles.